The number of nitrogens with two attached hydrogens (primary N) is 1. The van der Waals surface area contributed by atoms with Gasteiger partial charge in [-0.2, -0.15) is 9.90 Å². The number of thioether (sulfide) groups is 1. The summed E-state index contributed by atoms with van der Waals surface area (Å²) >= 11 is 1.45. The molecule has 2 atom stereocenters. The Hall–Kier alpha value is -3.61. The Balaban J connectivity index is 0.00000361. The molecule has 184 valence electrons. The molecule has 0 bridgehead atoms. The molecular weight excluding hydrogens is 489 g/mol. The lowest BCUT2D eigenvalue weighted by molar-refractivity contribution is -0.142. The maximum Gasteiger partial charge on any atom is 0.331 e. The van der Waals surface area contributed by atoms with Crippen molar-refractivity contribution in [1.82, 2.24) is 15.0 Å². The van der Waals surface area contributed by atoms with Crippen LogP contribution < -0.4 is 5.73 Å². The first-order valence-electron chi connectivity index (χ1n) is 11.0. The van der Waals surface area contributed by atoms with Gasteiger partial charge in [-0.25, -0.2) is 14.8 Å². The number of rotatable bonds is 9. The Labute approximate surface area is 218 Å². The summed E-state index contributed by atoms with van der Waals surface area (Å²) in [6, 6.07) is 26.3. The Kier molecular flexibility index (Phi) is 10.1. The van der Waals surface area contributed by atoms with Crippen molar-refractivity contribution in [2.75, 3.05) is 12.8 Å². The normalized spacial score (nSPS) is 11.1. The smallest absolute Gasteiger partial charge is 0.331 e. The van der Waals surface area contributed by atoms with Crippen molar-refractivity contribution in [3.63, 3.8) is 0 Å². The highest BCUT2D eigenvalue weighted by Crippen LogP contribution is 2.20. The van der Waals surface area contributed by atoms with Gasteiger partial charge >= 0.3 is 5.97 Å². The molecule has 0 saturated carbocycles. The Bertz CT molecular complexity index is 1260. The largest absolute Gasteiger partial charge is 0.467 e. The number of carbonyl (C=O) groups excluding carboxylic acids is 1. The number of benzene rings is 2. The molecule has 0 aliphatic carbocycles. The van der Waals surface area contributed by atoms with Gasteiger partial charge in [-0.1, -0.05) is 78.5 Å². The van der Waals surface area contributed by atoms with E-state index in [-0.39, 0.29) is 9.90 Å². The molecular formula is C27H28N5O2PS. The lowest BCUT2D eigenvalue weighted by Crippen LogP contribution is -2.25. The van der Waals surface area contributed by atoms with Gasteiger partial charge in [0.1, 0.15) is 5.82 Å². The van der Waals surface area contributed by atoms with E-state index in [0.717, 1.165) is 28.2 Å². The predicted octanol–water partition coefficient (Wildman–Crippen LogP) is 4.43. The quantitative estimate of drug-likeness (QED) is 0.115. The molecule has 0 amide bonds. The van der Waals surface area contributed by atoms with Gasteiger partial charge in [0.25, 0.3) is 0 Å². The van der Waals surface area contributed by atoms with Crippen LogP contribution in [0.15, 0.2) is 101 Å². The van der Waals surface area contributed by atoms with Crippen LogP contribution in [0.2, 0.25) is 0 Å². The van der Waals surface area contributed by atoms with Crippen LogP contribution in [0.3, 0.4) is 0 Å². The maximum absolute atomic E-state index is 12.8. The second-order valence-corrected chi connectivity index (χ2v) is 8.57. The van der Waals surface area contributed by atoms with Gasteiger partial charge in [-0.15, -0.1) is 0 Å². The lowest BCUT2D eigenvalue weighted by Gasteiger charge is -2.15. The molecule has 36 heavy (non-hydrogen) atoms. The number of carbonyl (C=O) groups is 1. The van der Waals surface area contributed by atoms with Crippen LogP contribution in [0.1, 0.15) is 22.5 Å². The van der Waals surface area contributed by atoms with Crippen molar-refractivity contribution in [2.45, 2.75) is 23.4 Å². The van der Waals surface area contributed by atoms with E-state index in [4.69, 9.17) is 20.4 Å². The SMILES string of the molecule is COC(=O)C(Cc1cccc(CSc2nccc(N)n2)n1)N=C(c1ccccc1)c1ccccc1.P. The Morgan fingerprint density at radius 3 is 2.17 bits per heavy atom. The van der Waals surface area contributed by atoms with E-state index in [1.807, 2.05) is 78.9 Å². The summed E-state index contributed by atoms with van der Waals surface area (Å²) in [5.74, 6) is 0.586. The summed E-state index contributed by atoms with van der Waals surface area (Å²) in [6.07, 6.45) is 1.94. The van der Waals surface area contributed by atoms with Crippen molar-refractivity contribution in [1.29, 1.82) is 0 Å². The molecule has 2 heterocycles. The van der Waals surface area contributed by atoms with Crippen molar-refractivity contribution >= 4 is 39.2 Å². The van der Waals surface area contributed by atoms with Gasteiger partial charge in [0, 0.05) is 35.2 Å². The Morgan fingerprint density at radius 1 is 0.917 bits per heavy atom. The second kappa shape index (κ2) is 13.5. The molecule has 7 nitrogen and oxygen atoms in total. The summed E-state index contributed by atoms with van der Waals surface area (Å²) in [4.78, 5) is 30.8. The lowest BCUT2D eigenvalue weighted by atomic mass is 10.0. The summed E-state index contributed by atoms with van der Waals surface area (Å²) < 4.78 is 5.10. The summed E-state index contributed by atoms with van der Waals surface area (Å²) in [7, 11) is 1.38. The predicted molar refractivity (Wildman–Crippen MR) is 149 cm³/mol. The number of esters is 1. The van der Waals surface area contributed by atoms with Crippen molar-refractivity contribution in [3.8, 4) is 0 Å². The number of hydrogen-bond donors (Lipinski definition) is 1. The van der Waals surface area contributed by atoms with E-state index in [2.05, 4.69) is 9.97 Å². The van der Waals surface area contributed by atoms with Crippen LogP contribution in [0.5, 0.6) is 0 Å². The third-order valence-electron chi connectivity index (χ3n) is 5.12. The number of methoxy groups -OCH3 is 1. The molecule has 2 aromatic heterocycles. The number of pyridine rings is 1. The van der Waals surface area contributed by atoms with Crippen LogP contribution in [0.4, 0.5) is 5.82 Å². The van der Waals surface area contributed by atoms with Crippen LogP contribution in [0, 0.1) is 0 Å². The first-order chi connectivity index (χ1) is 17.1. The number of nitrogen functional groups attached to an aromatic ring is 1. The first-order valence-corrected chi connectivity index (χ1v) is 12.0. The average molecular weight is 518 g/mol. The Morgan fingerprint density at radius 2 is 1.56 bits per heavy atom. The number of anilines is 1. The highest BCUT2D eigenvalue weighted by Gasteiger charge is 2.22. The summed E-state index contributed by atoms with van der Waals surface area (Å²) in [6.45, 7) is 0. The monoisotopic (exact) mass is 517 g/mol. The number of hydrogen-bond acceptors (Lipinski definition) is 8. The average Bonchev–Trinajstić information content (AvgIpc) is 2.90. The zero-order chi connectivity index (χ0) is 24.5. The van der Waals surface area contributed by atoms with E-state index >= 15 is 0 Å². The molecule has 4 aromatic rings. The molecule has 0 aliphatic heterocycles. The molecule has 0 radical (unpaired) electrons. The standard InChI is InChI=1S/C27H25N5O2S.H3P/c1-34-26(33)23(31-25(19-9-4-2-5-10-19)20-11-6-3-7-12-20)17-21-13-8-14-22(30-21)18-35-27-29-16-15-24(28)32-27;/h2-16,23H,17-18H2,1H3,(H2,28,29,32);1H3. The second-order valence-electron chi connectivity index (χ2n) is 7.63. The van der Waals surface area contributed by atoms with E-state index in [1.54, 1.807) is 12.3 Å². The molecule has 4 rings (SSSR count). The number of aliphatic imine (C=N–C) groups is 1. The summed E-state index contributed by atoms with van der Waals surface area (Å²) in [5, 5.41) is 0.588. The highest BCUT2D eigenvalue weighted by atomic mass is 32.2. The zero-order valence-corrected chi connectivity index (χ0v) is 22.2. The van der Waals surface area contributed by atoms with Gasteiger partial charge in [0.2, 0.25) is 0 Å². The van der Waals surface area contributed by atoms with Gasteiger partial charge < -0.3 is 10.5 Å². The van der Waals surface area contributed by atoms with Crippen molar-refractivity contribution in [2.24, 2.45) is 4.99 Å². The third kappa shape index (κ3) is 7.44. The minimum absolute atomic E-state index is 0. The molecule has 2 N–H and O–H groups in total. The fourth-order valence-electron chi connectivity index (χ4n) is 3.46. The van der Waals surface area contributed by atoms with E-state index < -0.39 is 12.0 Å². The topological polar surface area (TPSA) is 103 Å². The van der Waals surface area contributed by atoms with Crippen LogP contribution >= 0.6 is 21.7 Å². The van der Waals surface area contributed by atoms with Gasteiger partial charge in [0.15, 0.2) is 11.2 Å². The van der Waals surface area contributed by atoms with Crippen molar-refractivity contribution < 1.29 is 9.53 Å². The molecule has 0 fully saturated rings. The van der Waals surface area contributed by atoms with Gasteiger partial charge in [-0.3, -0.25) is 9.98 Å². The zero-order valence-electron chi connectivity index (χ0n) is 19.9. The molecule has 2 unspecified atom stereocenters. The fourth-order valence-corrected chi connectivity index (χ4v) is 4.21. The molecule has 2 aromatic carbocycles. The summed E-state index contributed by atoms with van der Waals surface area (Å²) in [5.41, 5.74) is 9.90. The van der Waals surface area contributed by atoms with E-state index in [0.29, 0.717) is 23.1 Å². The molecule has 0 saturated heterocycles. The van der Waals surface area contributed by atoms with Crippen LogP contribution in [-0.2, 0) is 21.7 Å². The number of aromatic nitrogens is 3. The minimum Gasteiger partial charge on any atom is -0.467 e. The number of ether oxygens (including phenoxy) is 1. The van der Waals surface area contributed by atoms with Crippen LogP contribution in [-0.4, -0.2) is 39.8 Å². The minimum atomic E-state index is -0.747. The first kappa shape index (κ1) is 27.0. The number of nitrogens with zero attached hydrogens (tertiary/aromatic N) is 4. The fraction of sp³-hybridized carbons (Fsp3) is 0.148. The van der Waals surface area contributed by atoms with Crippen LogP contribution in [0.25, 0.3) is 0 Å². The van der Waals surface area contributed by atoms with Gasteiger partial charge in [-0.05, 0) is 18.2 Å². The molecule has 0 spiro atoms. The molecule has 0 aliphatic rings. The highest BCUT2D eigenvalue weighted by molar-refractivity contribution is 7.98. The maximum atomic E-state index is 12.8. The van der Waals surface area contributed by atoms with Crippen molar-refractivity contribution in [3.05, 3.63) is 114 Å². The van der Waals surface area contributed by atoms with E-state index in [9.17, 15) is 4.79 Å². The molecule has 9 heteroatoms. The third-order valence-corrected chi connectivity index (χ3v) is 6.02. The van der Waals surface area contributed by atoms with Gasteiger partial charge in [0.05, 0.1) is 18.5 Å². The van der Waals surface area contributed by atoms with E-state index in [1.165, 1.54) is 18.9 Å².